The predicted molar refractivity (Wildman–Crippen MR) is 95.1 cm³/mol. The molecule has 1 aliphatic heterocycles. The standard InChI is InChI=1S/C19H26N4O2/c1-13(2)16-12-17(22(3)21-16)19(25)23-10-7-14(8-11-23)18(24)15-6-4-5-9-20-15/h4-6,9,12-14,18,24H,7-8,10-11H2,1-3H3. The van der Waals surface area contributed by atoms with E-state index in [1.165, 1.54) is 0 Å². The zero-order valence-corrected chi connectivity index (χ0v) is 15.1. The summed E-state index contributed by atoms with van der Waals surface area (Å²) in [5, 5.41) is 14.9. The van der Waals surface area contributed by atoms with E-state index in [1.807, 2.05) is 36.2 Å². The molecule has 1 aliphatic rings. The van der Waals surface area contributed by atoms with Gasteiger partial charge in [-0.1, -0.05) is 19.9 Å². The normalized spacial score (nSPS) is 17.1. The summed E-state index contributed by atoms with van der Waals surface area (Å²) in [4.78, 5) is 18.9. The van der Waals surface area contributed by atoms with Gasteiger partial charge in [0.25, 0.3) is 5.91 Å². The molecule has 1 N–H and O–H groups in total. The van der Waals surface area contributed by atoms with E-state index in [2.05, 4.69) is 23.9 Å². The van der Waals surface area contributed by atoms with Gasteiger partial charge < -0.3 is 10.0 Å². The van der Waals surface area contributed by atoms with E-state index in [-0.39, 0.29) is 11.8 Å². The van der Waals surface area contributed by atoms with E-state index in [0.717, 1.165) is 18.5 Å². The molecule has 25 heavy (non-hydrogen) atoms. The van der Waals surface area contributed by atoms with Crippen molar-refractivity contribution < 1.29 is 9.90 Å². The monoisotopic (exact) mass is 342 g/mol. The number of aliphatic hydroxyl groups is 1. The summed E-state index contributed by atoms with van der Waals surface area (Å²) >= 11 is 0. The molecular formula is C19H26N4O2. The Kier molecular flexibility index (Phi) is 5.18. The quantitative estimate of drug-likeness (QED) is 0.927. The van der Waals surface area contributed by atoms with Gasteiger partial charge in [-0.05, 0) is 42.9 Å². The lowest BCUT2D eigenvalue weighted by Gasteiger charge is -2.34. The van der Waals surface area contributed by atoms with E-state index in [4.69, 9.17) is 0 Å². The summed E-state index contributed by atoms with van der Waals surface area (Å²) in [7, 11) is 1.82. The summed E-state index contributed by atoms with van der Waals surface area (Å²) in [5.41, 5.74) is 2.28. The Bertz CT molecular complexity index is 718. The minimum absolute atomic E-state index is 0.0210. The van der Waals surface area contributed by atoms with Gasteiger partial charge in [0.2, 0.25) is 0 Å². The second kappa shape index (κ2) is 7.35. The molecule has 0 radical (unpaired) electrons. The lowest BCUT2D eigenvalue weighted by atomic mass is 9.89. The van der Waals surface area contributed by atoms with Gasteiger partial charge in [0, 0.05) is 26.3 Å². The maximum Gasteiger partial charge on any atom is 0.272 e. The van der Waals surface area contributed by atoms with Crippen LogP contribution < -0.4 is 0 Å². The van der Waals surface area contributed by atoms with E-state index in [1.54, 1.807) is 10.9 Å². The van der Waals surface area contributed by atoms with Crippen LogP contribution in [-0.4, -0.2) is 43.8 Å². The second-order valence-electron chi connectivity index (χ2n) is 7.06. The molecule has 3 heterocycles. The van der Waals surface area contributed by atoms with Crippen molar-refractivity contribution >= 4 is 5.91 Å². The molecule has 0 spiro atoms. The molecule has 0 bridgehead atoms. The lowest BCUT2D eigenvalue weighted by Crippen LogP contribution is -2.40. The highest BCUT2D eigenvalue weighted by Crippen LogP contribution is 2.30. The molecule has 0 aliphatic carbocycles. The number of nitrogens with zero attached hydrogens (tertiary/aromatic N) is 4. The largest absolute Gasteiger partial charge is 0.387 e. The van der Waals surface area contributed by atoms with Crippen molar-refractivity contribution in [3.63, 3.8) is 0 Å². The van der Waals surface area contributed by atoms with Crippen LogP contribution in [0.15, 0.2) is 30.5 Å². The number of aromatic nitrogens is 3. The van der Waals surface area contributed by atoms with Crippen LogP contribution in [0, 0.1) is 5.92 Å². The van der Waals surface area contributed by atoms with E-state index < -0.39 is 6.10 Å². The van der Waals surface area contributed by atoms with Crippen molar-refractivity contribution in [3.05, 3.63) is 47.5 Å². The Morgan fingerprint density at radius 1 is 1.24 bits per heavy atom. The van der Waals surface area contributed by atoms with Crippen LogP contribution in [0.5, 0.6) is 0 Å². The number of pyridine rings is 1. The Labute approximate surface area is 148 Å². The maximum atomic E-state index is 12.8. The van der Waals surface area contributed by atoms with Gasteiger partial charge in [-0.25, -0.2) is 0 Å². The Hall–Kier alpha value is -2.21. The number of carbonyl (C=O) groups excluding carboxylic acids is 1. The average molecular weight is 342 g/mol. The predicted octanol–water partition coefficient (Wildman–Crippen LogP) is 2.52. The van der Waals surface area contributed by atoms with Crippen LogP contribution in [0.25, 0.3) is 0 Å². The SMILES string of the molecule is CC(C)c1cc(C(=O)N2CCC(C(O)c3ccccn3)CC2)n(C)n1. The van der Waals surface area contributed by atoms with Crippen LogP contribution in [0.1, 0.15) is 60.6 Å². The smallest absolute Gasteiger partial charge is 0.272 e. The number of aryl methyl sites for hydroxylation is 1. The van der Waals surface area contributed by atoms with Crippen molar-refractivity contribution in [2.24, 2.45) is 13.0 Å². The van der Waals surface area contributed by atoms with Crippen LogP contribution in [0.3, 0.4) is 0 Å². The third-order valence-electron chi connectivity index (χ3n) is 4.97. The zero-order valence-electron chi connectivity index (χ0n) is 15.1. The zero-order chi connectivity index (χ0) is 18.0. The molecular weight excluding hydrogens is 316 g/mol. The Morgan fingerprint density at radius 2 is 1.96 bits per heavy atom. The van der Waals surface area contributed by atoms with Gasteiger partial charge in [-0.15, -0.1) is 0 Å². The fourth-order valence-corrected chi connectivity index (χ4v) is 3.34. The van der Waals surface area contributed by atoms with Gasteiger partial charge in [0.05, 0.1) is 17.5 Å². The van der Waals surface area contributed by atoms with Crippen LogP contribution >= 0.6 is 0 Å². The van der Waals surface area contributed by atoms with Gasteiger partial charge in [0.15, 0.2) is 0 Å². The maximum absolute atomic E-state index is 12.8. The molecule has 3 rings (SSSR count). The minimum atomic E-state index is -0.567. The van der Waals surface area contributed by atoms with Crippen molar-refractivity contribution in [2.75, 3.05) is 13.1 Å². The third kappa shape index (κ3) is 3.74. The average Bonchev–Trinajstić information content (AvgIpc) is 3.03. The summed E-state index contributed by atoms with van der Waals surface area (Å²) < 4.78 is 1.67. The van der Waals surface area contributed by atoms with Crippen LogP contribution in [0.4, 0.5) is 0 Å². The first-order valence-corrected chi connectivity index (χ1v) is 8.89. The van der Waals surface area contributed by atoms with Crippen molar-refractivity contribution in [1.82, 2.24) is 19.7 Å². The number of piperidine rings is 1. The summed E-state index contributed by atoms with van der Waals surface area (Å²) in [6, 6.07) is 7.48. The molecule has 6 nitrogen and oxygen atoms in total. The number of rotatable bonds is 4. The number of amides is 1. The molecule has 0 saturated carbocycles. The molecule has 134 valence electrons. The topological polar surface area (TPSA) is 71.2 Å². The summed E-state index contributed by atoms with van der Waals surface area (Å²) in [6.07, 6.45) is 2.69. The van der Waals surface area contributed by atoms with Crippen LogP contribution in [0.2, 0.25) is 0 Å². The molecule has 1 saturated heterocycles. The molecule has 2 aromatic rings. The fourth-order valence-electron chi connectivity index (χ4n) is 3.34. The summed E-state index contributed by atoms with van der Waals surface area (Å²) in [6.45, 7) is 5.44. The van der Waals surface area contributed by atoms with Gasteiger partial charge in [-0.2, -0.15) is 5.10 Å². The van der Waals surface area contributed by atoms with E-state index >= 15 is 0 Å². The van der Waals surface area contributed by atoms with Gasteiger partial charge in [-0.3, -0.25) is 14.5 Å². The van der Waals surface area contributed by atoms with Gasteiger partial charge >= 0.3 is 0 Å². The Balaban J connectivity index is 1.63. The molecule has 6 heteroatoms. The first-order chi connectivity index (χ1) is 12.0. The lowest BCUT2D eigenvalue weighted by molar-refractivity contribution is 0.0441. The number of hydrogen-bond donors (Lipinski definition) is 1. The first-order valence-electron chi connectivity index (χ1n) is 8.89. The highest BCUT2D eigenvalue weighted by Gasteiger charge is 2.30. The highest BCUT2D eigenvalue weighted by atomic mass is 16.3. The second-order valence-corrected chi connectivity index (χ2v) is 7.06. The number of likely N-dealkylation sites (tertiary alicyclic amines) is 1. The molecule has 1 unspecified atom stereocenters. The fraction of sp³-hybridized carbons (Fsp3) is 0.526. The van der Waals surface area contributed by atoms with Gasteiger partial charge in [0.1, 0.15) is 5.69 Å². The summed E-state index contributed by atoms with van der Waals surface area (Å²) in [5.74, 6) is 0.455. The molecule has 1 atom stereocenters. The third-order valence-corrected chi connectivity index (χ3v) is 4.97. The van der Waals surface area contributed by atoms with E-state index in [0.29, 0.717) is 30.4 Å². The van der Waals surface area contributed by atoms with Crippen LogP contribution in [-0.2, 0) is 7.05 Å². The number of carbonyl (C=O) groups is 1. The molecule has 0 aromatic carbocycles. The minimum Gasteiger partial charge on any atom is -0.387 e. The van der Waals surface area contributed by atoms with Crippen molar-refractivity contribution in [3.8, 4) is 0 Å². The molecule has 1 fully saturated rings. The number of aliphatic hydroxyl groups excluding tert-OH is 1. The molecule has 1 amide bonds. The van der Waals surface area contributed by atoms with Crippen molar-refractivity contribution in [2.45, 2.75) is 38.7 Å². The van der Waals surface area contributed by atoms with Crippen molar-refractivity contribution in [1.29, 1.82) is 0 Å². The highest BCUT2D eigenvalue weighted by molar-refractivity contribution is 5.92. The Morgan fingerprint density at radius 3 is 2.52 bits per heavy atom. The van der Waals surface area contributed by atoms with E-state index in [9.17, 15) is 9.90 Å². The number of hydrogen-bond acceptors (Lipinski definition) is 4. The molecule has 2 aromatic heterocycles. The first kappa shape index (κ1) is 17.6.